The summed E-state index contributed by atoms with van der Waals surface area (Å²) in [4.78, 5) is 0. The lowest BCUT2D eigenvalue weighted by atomic mass is 10.0. The van der Waals surface area contributed by atoms with Gasteiger partial charge in [0.05, 0.1) is 5.02 Å². The highest BCUT2D eigenvalue weighted by atomic mass is 79.9. The molecule has 17 heavy (non-hydrogen) atoms. The highest BCUT2D eigenvalue weighted by Gasteiger charge is 2.11. The summed E-state index contributed by atoms with van der Waals surface area (Å²) < 4.78 is 0.997. The number of halogens is 2. The number of phenols is 1. The second-order valence-corrected chi connectivity index (χ2v) is 5.19. The van der Waals surface area contributed by atoms with Crippen LogP contribution in [0.25, 0.3) is 21.5 Å². The molecule has 1 nitrogen and oxygen atoms in total. The van der Waals surface area contributed by atoms with E-state index >= 15 is 0 Å². The lowest BCUT2D eigenvalue weighted by molar-refractivity contribution is 0.482. The average molecular weight is 308 g/mol. The van der Waals surface area contributed by atoms with Crippen molar-refractivity contribution in [3.63, 3.8) is 0 Å². The first kappa shape index (κ1) is 10.9. The number of benzene rings is 3. The van der Waals surface area contributed by atoms with Crippen molar-refractivity contribution in [2.24, 2.45) is 0 Å². The molecule has 3 aromatic carbocycles. The monoisotopic (exact) mass is 306 g/mol. The number of fused-ring (bicyclic) bond motifs is 3. The zero-order valence-electron chi connectivity index (χ0n) is 8.74. The topological polar surface area (TPSA) is 20.2 Å². The summed E-state index contributed by atoms with van der Waals surface area (Å²) in [6.45, 7) is 0. The van der Waals surface area contributed by atoms with E-state index in [1.54, 1.807) is 0 Å². The van der Waals surface area contributed by atoms with Crippen molar-refractivity contribution in [1.29, 1.82) is 0 Å². The molecule has 0 radical (unpaired) electrons. The molecule has 0 saturated heterocycles. The van der Waals surface area contributed by atoms with Crippen LogP contribution in [0, 0.1) is 0 Å². The molecule has 3 rings (SSSR count). The van der Waals surface area contributed by atoms with E-state index in [1.165, 1.54) is 0 Å². The van der Waals surface area contributed by atoms with Crippen LogP contribution in [0.3, 0.4) is 0 Å². The van der Waals surface area contributed by atoms with Crippen LogP contribution in [0.1, 0.15) is 0 Å². The fraction of sp³-hybridized carbons (Fsp3) is 0. The van der Waals surface area contributed by atoms with Gasteiger partial charge in [-0.2, -0.15) is 0 Å². The Bertz CT molecular complexity index is 737. The van der Waals surface area contributed by atoms with Gasteiger partial charge in [0.2, 0.25) is 0 Å². The van der Waals surface area contributed by atoms with E-state index in [1.807, 2.05) is 42.5 Å². The highest BCUT2D eigenvalue weighted by Crippen LogP contribution is 2.40. The summed E-state index contributed by atoms with van der Waals surface area (Å²) >= 11 is 9.65. The van der Waals surface area contributed by atoms with Crippen molar-refractivity contribution in [1.82, 2.24) is 0 Å². The van der Waals surface area contributed by atoms with Crippen LogP contribution >= 0.6 is 27.5 Å². The minimum atomic E-state index is 0.150. The van der Waals surface area contributed by atoms with E-state index in [0.717, 1.165) is 26.0 Å². The molecule has 0 bridgehead atoms. The summed E-state index contributed by atoms with van der Waals surface area (Å²) in [5, 5.41) is 14.2. The maximum absolute atomic E-state index is 10.1. The SMILES string of the molecule is Oc1c(Cl)c2ccc(Br)cc2c2ccccc12. The third kappa shape index (κ3) is 1.60. The predicted molar refractivity (Wildman–Crippen MR) is 75.8 cm³/mol. The Labute approximate surface area is 112 Å². The van der Waals surface area contributed by atoms with Gasteiger partial charge in [-0.05, 0) is 22.9 Å². The number of rotatable bonds is 0. The molecule has 84 valence electrons. The molecule has 0 amide bonds. The quantitative estimate of drug-likeness (QED) is 0.572. The van der Waals surface area contributed by atoms with Gasteiger partial charge in [0.25, 0.3) is 0 Å². The Kier molecular flexibility index (Phi) is 2.49. The van der Waals surface area contributed by atoms with Crippen LogP contribution in [-0.4, -0.2) is 5.11 Å². The molecule has 0 unspecified atom stereocenters. The molecule has 0 aliphatic rings. The number of aromatic hydroxyl groups is 1. The fourth-order valence-corrected chi connectivity index (χ4v) is 2.73. The first-order chi connectivity index (χ1) is 8.18. The molecule has 0 aromatic heterocycles. The average Bonchev–Trinajstić information content (AvgIpc) is 2.36. The maximum atomic E-state index is 10.1. The summed E-state index contributed by atoms with van der Waals surface area (Å²) in [7, 11) is 0. The van der Waals surface area contributed by atoms with Gasteiger partial charge in [-0.1, -0.05) is 57.9 Å². The Hall–Kier alpha value is -1.25. The van der Waals surface area contributed by atoms with Crippen molar-refractivity contribution in [2.45, 2.75) is 0 Å². The smallest absolute Gasteiger partial charge is 0.142 e. The van der Waals surface area contributed by atoms with Gasteiger partial charge in [-0.3, -0.25) is 0 Å². The van der Waals surface area contributed by atoms with Crippen molar-refractivity contribution < 1.29 is 5.11 Å². The second-order valence-electron chi connectivity index (χ2n) is 3.90. The maximum Gasteiger partial charge on any atom is 0.142 e. The molecular formula is C14H8BrClO. The standard InChI is InChI=1S/C14H8BrClO/c15-8-5-6-10-12(7-8)9-3-1-2-4-11(9)14(17)13(10)16/h1-7,17H. The van der Waals surface area contributed by atoms with Gasteiger partial charge < -0.3 is 5.11 Å². The zero-order valence-corrected chi connectivity index (χ0v) is 11.1. The second kappa shape index (κ2) is 3.90. The first-order valence-corrected chi connectivity index (χ1v) is 6.34. The Balaban J connectivity index is 2.66. The van der Waals surface area contributed by atoms with E-state index in [2.05, 4.69) is 15.9 Å². The van der Waals surface area contributed by atoms with Gasteiger partial charge in [-0.25, -0.2) is 0 Å². The Morgan fingerprint density at radius 3 is 2.35 bits per heavy atom. The third-order valence-corrected chi connectivity index (χ3v) is 3.77. The van der Waals surface area contributed by atoms with E-state index in [4.69, 9.17) is 11.6 Å². The summed E-state index contributed by atoms with van der Waals surface area (Å²) in [5.74, 6) is 0.150. The summed E-state index contributed by atoms with van der Waals surface area (Å²) in [5.41, 5.74) is 0. The number of phenolic OH excluding ortho intramolecular Hbond substituents is 1. The molecule has 1 N–H and O–H groups in total. The van der Waals surface area contributed by atoms with Gasteiger partial charge in [0.15, 0.2) is 0 Å². The van der Waals surface area contributed by atoms with E-state index in [0.29, 0.717) is 5.02 Å². The summed E-state index contributed by atoms with van der Waals surface area (Å²) in [6, 6.07) is 13.6. The van der Waals surface area contributed by atoms with Gasteiger partial charge in [0, 0.05) is 15.2 Å². The van der Waals surface area contributed by atoms with Crippen LogP contribution in [0.15, 0.2) is 46.9 Å². The van der Waals surface area contributed by atoms with Crippen LogP contribution in [0.4, 0.5) is 0 Å². The molecule has 0 aliphatic heterocycles. The van der Waals surface area contributed by atoms with Crippen LogP contribution < -0.4 is 0 Å². The van der Waals surface area contributed by atoms with Crippen LogP contribution in [0.5, 0.6) is 5.75 Å². The molecule has 3 heteroatoms. The molecule has 0 aliphatic carbocycles. The molecule has 0 spiro atoms. The lowest BCUT2D eigenvalue weighted by Crippen LogP contribution is -1.81. The highest BCUT2D eigenvalue weighted by molar-refractivity contribution is 9.10. The zero-order chi connectivity index (χ0) is 12.0. The number of hydrogen-bond donors (Lipinski definition) is 1. The Morgan fingerprint density at radius 2 is 1.59 bits per heavy atom. The van der Waals surface area contributed by atoms with Crippen molar-refractivity contribution >= 4 is 49.1 Å². The van der Waals surface area contributed by atoms with Gasteiger partial charge >= 0.3 is 0 Å². The number of hydrogen-bond acceptors (Lipinski definition) is 1. The third-order valence-electron chi connectivity index (χ3n) is 2.90. The largest absolute Gasteiger partial charge is 0.506 e. The minimum absolute atomic E-state index is 0.150. The van der Waals surface area contributed by atoms with Crippen molar-refractivity contribution in [3.8, 4) is 5.75 Å². The molecule has 0 heterocycles. The predicted octanol–water partition coefficient (Wildman–Crippen LogP) is 5.11. The summed E-state index contributed by atoms with van der Waals surface area (Å²) in [6.07, 6.45) is 0. The van der Waals surface area contributed by atoms with Gasteiger partial charge in [-0.15, -0.1) is 0 Å². The Morgan fingerprint density at radius 1 is 0.882 bits per heavy atom. The molecule has 0 saturated carbocycles. The minimum Gasteiger partial charge on any atom is -0.506 e. The van der Waals surface area contributed by atoms with Gasteiger partial charge in [0.1, 0.15) is 5.75 Å². The van der Waals surface area contributed by atoms with E-state index < -0.39 is 0 Å². The first-order valence-electron chi connectivity index (χ1n) is 5.17. The van der Waals surface area contributed by atoms with Crippen molar-refractivity contribution in [3.05, 3.63) is 52.0 Å². The van der Waals surface area contributed by atoms with Crippen molar-refractivity contribution in [2.75, 3.05) is 0 Å². The normalized spacial score (nSPS) is 11.2. The van der Waals surface area contributed by atoms with Crippen LogP contribution in [-0.2, 0) is 0 Å². The molecular weight excluding hydrogens is 300 g/mol. The fourth-order valence-electron chi connectivity index (χ4n) is 2.10. The lowest BCUT2D eigenvalue weighted by Gasteiger charge is -2.09. The molecule has 0 atom stereocenters. The van der Waals surface area contributed by atoms with E-state index in [9.17, 15) is 5.11 Å². The van der Waals surface area contributed by atoms with Crippen LogP contribution in [0.2, 0.25) is 5.02 Å². The molecule has 0 fully saturated rings. The van der Waals surface area contributed by atoms with E-state index in [-0.39, 0.29) is 5.75 Å². The molecule has 3 aromatic rings.